The van der Waals surface area contributed by atoms with E-state index in [-0.39, 0.29) is 11.7 Å². The number of nitrogens with zero attached hydrogens (tertiary/aromatic N) is 4. The summed E-state index contributed by atoms with van der Waals surface area (Å²) in [5.74, 6) is 0.0300. The molecule has 5 rings (SSSR count). The van der Waals surface area contributed by atoms with E-state index in [4.69, 9.17) is 0 Å². The van der Waals surface area contributed by atoms with Gasteiger partial charge >= 0.3 is 6.36 Å². The number of anilines is 1. The van der Waals surface area contributed by atoms with E-state index >= 15 is 0 Å². The van der Waals surface area contributed by atoms with Crippen molar-refractivity contribution in [3.05, 3.63) is 115 Å². The minimum absolute atomic E-state index is 0.136. The maximum absolute atomic E-state index is 12.9. The molecule has 42 heavy (non-hydrogen) atoms. The Kier molecular flexibility index (Phi) is 8.24. The number of ether oxygens (including phenoxy) is 1. The first kappa shape index (κ1) is 28.4. The number of alkyl halides is 3. The molecule has 0 unspecified atom stereocenters. The monoisotopic (exact) mass is 571 g/mol. The summed E-state index contributed by atoms with van der Waals surface area (Å²) >= 11 is 0. The molecule has 5 aromatic rings. The molecular weight excluding hydrogens is 543 g/mol. The van der Waals surface area contributed by atoms with Gasteiger partial charge in [-0.3, -0.25) is 4.79 Å². The zero-order chi connectivity index (χ0) is 29.7. The van der Waals surface area contributed by atoms with Gasteiger partial charge in [-0.2, -0.15) is 0 Å². The summed E-state index contributed by atoms with van der Waals surface area (Å²) in [7, 11) is 3.99. The number of carbonyl (C=O) groups excluding carboxylic acids is 1. The highest BCUT2D eigenvalue weighted by Gasteiger charge is 2.31. The summed E-state index contributed by atoms with van der Waals surface area (Å²) < 4.78 is 42.5. The minimum Gasteiger partial charge on any atom is -0.406 e. The predicted octanol–water partition coefficient (Wildman–Crippen LogP) is 6.54. The maximum atomic E-state index is 12.9. The van der Waals surface area contributed by atoms with Crippen LogP contribution < -0.4 is 15.0 Å². The van der Waals surface area contributed by atoms with Gasteiger partial charge in [0.1, 0.15) is 12.1 Å². The van der Waals surface area contributed by atoms with Crippen molar-refractivity contribution in [3.63, 3.8) is 0 Å². The fourth-order valence-electron chi connectivity index (χ4n) is 4.50. The van der Waals surface area contributed by atoms with E-state index in [1.165, 1.54) is 35.3 Å². The van der Waals surface area contributed by atoms with Gasteiger partial charge in [-0.15, -0.1) is 18.3 Å². The molecule has 4 aromatic carbocycles. The lowest BCUT2D eigenvalue weighted by Crippen LogP contribution is -2.25. The van der Waals surface area contributed by atoms with Crippen LogP contribution in [0.4, 0.5) is 18.9 Å². The molecule has 1 heterocycles. The van der Waals surface area contributed by atoms with Crippen LogP contribution in [0.2, 0.25) is 0 Å². The van der Waals surface area contributed by atoms with Gasteiger partial charge in [0.2, 0.25) is 0 Å². The number of hydrogen-bond donors (Lipinski definition) is 1. The third kappa shape index (κ3) is 6.95. The first-order valence-corrected chi connectivity index (χ1v) is 13.2. The third-order valence-electron chi connectivity index (χ3n) is 6.56. The largest absolute Gasteiger partial charge is 0.573 e. The van der Waals surface area contributed by atoms with Gasteiger partial charge in [-0.1, -0.05) is 54.6 Å². The number of halogens is 3. The summed E-state index contributed by atoms with van der Waals surface area (Å²) in [4.78, 5) is 19.2. The van der Waals surface area contributed by atoms with E-state index in [1.807, 2.05) is 91.8 Å². The molecule has 0 aliphatic rings. The van der Waals surface area contributed by atoms with Gasteiger partial charge in [0.15, 0.2) is 5.82 Å². The van der Waals surface area contributed by atoms with Crippen molar-refractivity contribution in [2.45, 2.75) is 12.8 Å². The van der Waals surface area contributed by atoms with Crippen LogP contribution in [0.25, 0.3) is 28.2 Å². The Labute approximate surface area is 241 Å². The Morgan fingerprint density at radius 2 is 1.64 bits per heavy atom. The highest BCUT2D eigenvalue weighted by Crippen LogP contribution is 2.30. The molecule has 0 fully saturated rings. The predicted molar refractivity (Wildman–Crippen MR) is 156 cm³/mol. The Balaban J connectivity index is 1.17. The fourth-order valence-corrected chi connectivity index (χ4v) is 4.50. The van der Waals surface area contributed by atoms with Crippen LogP contribution in [0, 0.1) is 0 Å². The SMILES string of the molecule is CN(C)c1ccccc1-c1cccc(C(=O)NCCc2ccc(-c3ncn(-c4ccc(OC(F)(F)F)cc4)n3)cc2)c1. The van der Waals surface area contributed by atoms with Crippen LogP contribution in [0.15, 0.2) is 103 Å². The Bertz CT molecular complexity index is 1660. The fraction of sp³-hybridized carbons (Fsp3) is 0.156. The molecular formula is C32H28F3N5O2. The smallest absolute Gasteiger partial charge is 0.406 e. The van der Waals surface area contributed by atoms with Gasteiger partial charge in [0.05, 0.1) is 5.69 Å². The second-order valence-corrected chi connectivity index (χ2v) is 9.75. The van der Waals surface area contributed by atoms with Gasteiger partial charge in [0, 0.05) is 43.0 Å². The normalized spacial score (nSPS) is 11.3. The lowest BCUT2D eigenvalue weighted by Gasteiger charge is -2.17. The van der Waals surface area contributed by atoms with E-state index in [2.05, 4.69) is 20.1 Å². The number of amides is 1. The summed E-state index contributed by atoms with van der Waals surface area (Å²) in [5, 5.41) is 7.43. The van der Waals surface area contributed by atoms with Crippen molar-refractivity contribution >= 4 is 11.6 Å². The van der Waals surface area contributed by atoms with Crippen molar-refractivity contribution < 1.29 is 22.7 Å². The number of nitrogens with one attached hydrogen (secondary N) is 1. The standard InChI is InChI=1S/C32H28F3N5O2/c1-39(2)29-9-4-3-8-28(29)24-6-5-7-25(20-24)31(41)36-19-18-22-10-12-23(13-11-22)30-37-21-40(38-30)26-14-16-27(17-15-26)42-32(33,34)35/h3-17,20-21H,18-19H2,1-2H3,(H,36,41). The Morgan fingerprint density at radius 3 is 2.36 bits per heavy atom. The maximum Gasteiger partial charge on any atom is 0.573 e. The van der Waals surface area contributed by atoms with E-state index in [1.54, 1.807) is 0 Å². The van der Waals surface area contributed by atoms with E-state index in [9.17, 15) is 18.0 Å². The molecule has 1 aromatic heterocycles. The van der Waals surface area contributed by atoms with Crippen molar-refractivity contribution in [3.8, 4) is 34.0 Å². The zero-order valence-electron chi connectivity index (χ0n) is 23.0. The number of carbonyl (C=O) groups is 1. The average molecular weight is 572 g/mol. The van der Waals surface area contributed by atoms with Crippen LogP contribution in [0.1, 0.15) is 15.9 Å². The Hall–Kier alpha value is -5.12. The average Bonchev–Trinajstić information content (AvgIpc) is 3.47. The number of aromatic nitrogens is 3. The second kappa shape index (κ2) is 12.2. The van der Waals surface area contributed by atoms with Crippen molar-refractivity contribution in [1.29, 1.82) is 0 Å². The highest BCUT2D eigenvalue weighted by atomic mass is 19.4. The van der Waals surface area contributed by atoms with Gasteiger partial charge in [-0.05, 0) is 60.0 Å². The molecule has 214 valence electrons. The van der Waals surface area contributed by atoms with Crippen LogP contribution in [0.3, 0.4) is 0 Å². The lowest BCUT2D eigenvalue weighted by molar-refractivity contribution is -0.274. The van der Waals surface area contributed by atoms with Crippen molar-refractivity contribution in [1.82, 2.24) is 20.1 Å². The number of hydrogen-bond acceptors (Lipinski definition) is 5. The quantitative estimate of drug-likeness (QED) is 0.218. The van der Waals surface area contributed by atoms with Gasteiger partial charge < -0.3 is 15.0 Å². The highest BCUT2D eigenvalue weighted by molar-refractivity contribution is 5.96. The van der Waals surface area contributed by atoms with Gasteiger partial charge in [0.25, 0.3) is 5.91 Å². The summed E-state index contributed by atoms with van der Waals surface area (Å²) in [6.45, 7) is 0.470. The molecule has 0 saturated carbocycles. The molecule has 1 N–H and O–H groups in total. The number of benzene rings is 4. The molecule has 0 atom stereocenters. The van der Waals surface area contributed by atoms with Crippen molar-refractivity contribution in [2.24, 2.45) is 0 Å². The lowest BCUT2D eigenvalue weighted by atomic mass is 10.0. The first-order chi connectivity index (χ1) is 20.2. The molecule has 0 saturated heterocycles. The van der Waals surface area contributed by atoms with Crippen LogP contribution >= 0.6 is 0 Å². The topological polar surface area (TPSA) is 72.3 Å². The molecule has 0 bridgehead atoms. The molecule has 7 nitrogen and oxygen atoms in total. The van der Waals surface area contributed by atoms with E-state index in [0.29, 0.717) is 30.0 Å². The minimum atomic E-state index is -4.75. The zero-order valence-corrected chi connectivity index (χ0v) is 23.0. The van der Waals surface area contributed by atoms with Crippen LogP contribution in [0.5, 0.6) is 5.75 Å². The Morgan fingerprint density at radius 1 is 0.905 bits per heavy atom. The molecule has 0 spiro atoms. The second-order valence-electron chi connectivity index (χ2n) is 9.75. The summed E-state index contributed by atoms with van der Waals surface area (Å²) in [5.41, 5.74) is 6.08. The van der Waals surface area contributed by atoms with E-state index in [0.717, 1.165) is 27.9 Å². The molecule has 10 heteroatoms. The first-order valence-electron chi connectivity index (χ1n) is 13.2. The molecule has 0 aliphatic heterocycles. The number of rotatable bonds is 9. The van der Waals surface area contributed by atoms with E-state index < -0.39 is 6.36 Å². The van der Waals surface area contributed by atoms with Gasteiger partial charge in [-0.25, -0.2) is 9.67 Å². The van der Waals surface area contributed by atoms with Crippen LogP contribution in [-0.2, 0) is 6.42 Å². The van der Waals surface area contributed by atoms with Crippen molar-refractivity contribution in [2.75, 3.05) is 25.5 Å². The number of para-hydroxylation sites is 1. The molecule has 0 radical (unpaired) electrons. The van der Waals surface area contributed by atoms with Crippen LogP contribution in [-0.4, -0.2) is 47.7 Å². The summed E-state index contributed by atoms with van der Waals surface area (Å²) in [6.07, 6.45) is -2.61. The summed E-state index contributed by atoms with van der Waals surface area (Å²) in [6, 6.07) is 28.7. The third-order valence-corrected chi connectivity index (χ3v) is 6.56. The molecule has 1 amide bonds. The molecule has 0 aliphatic carbocycles.